The molecule has 0 atom stereocenters. The lowest BCUT2D eigenvalue weighted by Crippen LogP contribution is -2.43. The van der Waals surface area contributed by atoms with Gasteiger partial charge >= 0.3 is 5.69 Å². The molecule has 0 saturated carbocycles. The van der Waals surface area contributed by atoms with E-state index < -0.39 is 5.91 Å². The number of pyridine rings is 2. The number of rotatable bonds is 4. The van der Waals surface area contributed by atoms with Gasteiger partial charge in [-0.2, -0.15) is 0 Å². The third kappa shape index (κ3) is 3.22. The Labute approximate surface area is 170 Å². The molecule has 0 bridgehead atoms. The van der Waals surface area contributed by atoms with Gasteiger partial charge in [-0.05, 0) is 24.3 Å². The van der Waals surface area contributed by atoms with Crippen LogP contribution < -0.4 is 21.2 Å². The number of amides is 1. The van der Waals surface area contributed by atoms with Gasteiger partial charge in [0.2, 0.25) is 5.88 Å². The maximum Gasteiger partial charge on any atom is 0.357 e. The van der Waals surface area contributed by atoms with Gasteiger partial charge in [0.05, 0.1) is 17.6 Å². The lowest BCUT2D eigenvalue weighted by molar-refractivity contribution is 0.0996. The molecule has 30 heavy (non-hydrogen) atoms. The van der Waals surface area contributed by atoms with E-state index in [2.05, 4.69) is 25.6 Å². The zero-order valence-corrected chi connectivity index (χ0v) is 16.0. The first-order valence-corrected chi connectivity index (χ1v) is 9.58. The average Bonchev–Trinajstić information content (AvgIpc) is 3.40. The fourth-order valence-corrected chi connectivity index (χ4v) is 3.48. The minimum absolute atomic E-state index is 0.0732. The maximum absolute atomic E-state index is 12.8. The largest absolute Gasteiger partial charge is 0.433 e. The zero-order valence-electron chi connectivity index (χ0n) is 16.0. The molecule has 5 heterocycles. The first kappa shape index (κ1) is 18.1. The number of carbonyl (C=O) groups is 1. The number of nitrogens with one attached hydrogen (secondary N) is 2. The lowest BCUT2D eigenvalue weighted by Gasteiger charge is -2.30. The fourth-order valence-electron chi connectivity index (χ4n) is 3.48. The molecule has 5 rings (SSSR count). The van der Waals surface area contributed by atoms with Gasteiger partial charge in [0.25, 0.3) is 5.91 Å². The fraction of sp³-hybridized carbons (Fsp3) is 0.200. The van der Waals surface area contributed by atoms with Gasteiger partial charge in [0.1, 0.15) is 0 Å². The number of furan rings is 1. The highest BCUT2D eigenvalue weighted by atomic mass is 16.4. The molecule has 0 aliphatic carbocycles. The van der Waals surface area contributed by atoms with E-state index in [-0.39, 0.29) is 17.3 Å². The summed E-state index contributed by atoms with van der Waals surface area (Å²) in [6.07, 6.45) is 4.94. The van der Waals surface area contributed by atoms with Crippen LogP contribution in [0.4, 0.5) is 11.4 Å². The average molecular weight is 405 g/mol. The molecule has 152 valence electrons. The Morgan fingerprint density at radius 2 is 2.00 bits per heavy atom. The summed E-state index contributed by atoms with van der Waals surface area (Å²) in [6, 6.07) is 10.2. The molecule has 1 fully saturated rings. The molecule has 0 unspecified atom stereocenters. The number of anilines is 2. The van der Waals surface area contributed by atoms with Crippen molar-refractivity contribution in [1.29, 1.82) is 0 Å². The van der Waals surface area contributed by atoms with Crippen LogP contribution in [0.15, 0.2) is 64.2 Å². The lowest BCUT2D eigenvalue weighted by atomic mass is 10.2. The molecular formula is C20H19N7O3. The van der Waals surface area contributed by atoms with E-state index in [0.29, 0.717) is 11.3 Å². The van der Waals surface area contributed by atoms with Gasteiger partial charge in [-0.15, -0.1) is 9.78 Å². The van der Waals surface area contributed by atoms with E-state index in [1.807, 2.05) is 6.07 Å². The molecule has 0 spiro atoms. The summed E-state index contributed by atoms with van der Waals surface area (Å²) in [4.78, 5) is 31.6. The molecule has 1 aliphatic heterocycles. The summed E-state index contributed by atoms with van der Waals surface area (Å²) in [5.41, 5.74) is 1.62. The van der Waals surface area contributed by atoms with Crippen molar-refractivity contribution < 1.29 is 9.21 Å². The van der Waals surface area contributed by atoms with Crippen LogP contribution in [0.1, 0.15) is 10.6 Å². The molecule has 0 aromatic carbocycles. The highest BCUT2D eigenvalue weighted by Crippen LogP contribution is 2.25. The van der Waals surface area contributed by atoms with Crippen LogP contribution in [-0.4, -0.2) is 51.3 Å². The van der Waals surface area contributed by atoms with Crippen molar-refractivity contribution in [3.05, 3.63) is 71.2 Å². The van der Waals surface area contributed by atoms with Crippen molar-refractivity contribution in [2.45, 2.75) is 0 Å². The minimum atomic E-state index is -0.428. The van der Waals surface area contributed by atoms with E-state index in [1.54, 1.807) is 42.9 Å². The Kier molecular flexibility index (Phi) is 4.52. The van der Waals surface area contributed by atoms with Crippen LogP contribution in [0.2, 0.25) is 0 Å². The van der Waals surface area contributed by atoms with Crippen molar-refractivity contribution in [2.24, 2.45) is 0 Å². The zero-order chi connectivity index (χ0) is 20.5. The van der Waals surface area contributed by atoms with E-state index in [4.69, 9.17) is 4.42 Å². The molecule has 1 aliphatic rings. The predicted octanol–water partition coefficient (Wildman–Crippen LogP) is 1.14. The van der Waals surface area contributed by atoms with Gasteiger partial charge in [0.15, 0.2) is 11.4 Å². The molecule has 4 aromatic heterocycles. The van der Waals surface area contributed by atoms with Crippen LogP contribution in [0.3, 0.4) is 0 Å². The second-order valence-electron chi connectivity index (χ2n) is 6.85. The van der Waals surface area contributed by atoms with E-state index in [9.17, 15) is 9.59 Å². The van der Waals surface area contributed by atoms with E-state index >= 15 is 0 Å². The van der Waals surface area contributed by atoms with Gasteiger partial charge in [-0.3, -0.25) is 9.78 Å². The quantitative estimate of drug-likeness (QED) is 0.524. The molecule has 4 aromatic rings. The Balaban J connectivity index is 1.40. The Morgan fingerprint density at radius 1 is 1.13 bits per heavy atom. The normalized spacial score (nSPS) is 14.2. The molecule has 1 amide bonds. The summed E-state index contributed by atoms with van der Waals surface area (Å²) in [6.45, 7) is 3.44. The van der Waals surface area contributed by atoms with Crippen molar-refractivity contribution >= 4 is 22.9 Å². The number of fused-ring (bicyclic) bond motifs is 1. The number of carbonyl (C=O) groups excluding carboxylic acids is 1. The van der Waals surface area contributed by atoms with E-state index in [1.165, 1.54) is 10.5 Å². The van der Waals surface area contributed by atoms with Crippen LogP contribution in [0.25, 0.3) is 11.5 Å². The van der Waals surface area contributed by atoms with Crippen molar-refractivity contribution in [3.8, 4) is 5.88 Å². The Bertz CT molecular complexity index is 1270. The van der Waals surface area contributed by atoms with Crippen LogP contribution in [0, 0.1) is 0 Å². The first-order valence-electron chi connectivity index (χ1n) is 9.58. The maximum atomic E-state index is 12.8. The second-order valence-corrected chi connectivity index (χ2v) is 6.85. The molecule has 10 heteroatoms. The molecule has 10 nitrogen and oxygen atoms in total. The van der Waals surface area contributed by atoms with Crippen LogP contribution in [-0.2, 0) is 0 Å². The monoisotopic (exact) mass is 405 g/mol. The summed E-state index contributed by atoms with van der Waals surface area (Å²) in [5.74, 6) is -0.186. The molecule has 1 saturated heterocycles. The standard InChI is InChI=1S/C20H19N7O3/c28-19(23-14-13-22-7-6-15(14)25-11-8-21-9-12-25)16-4-5-18(30-16)27-20(29)26-10-2-1-3-17(26)24-27/h1-7,10,13,21H,8-9,11-12H2,(H,23,28). The smallest absolute Gasteiger partial charge is 0.357 e. The summed E-state index contributed by atoms with van der Waals surface area (Å²) < 4.78 is 8.16. The minimum Gasteiger partial charge on any atom is -0.433 e. The first-order chi connectivity index (χ1) is 14.7. The van der Waals surface area contributed by atoms with E-state index in [0.717, 1.165) is 36.5 Å². The third-order valence-corrected chi connectivity index (χ3v) is 4.96. The van der Waals surface area contributed by atoms with Gasteiger partial charge < -0.3 is 20.0 Å². The van der Waals surface area contributed by atoms with Crippen LogP contribution >= 0.6 is 0 Å². The summed E-state index contributed by atoms with van der Waals surface area (Å²) >= 11 is 0. The Morgan fingerprint density at radius 3 is 2.83 bits per heavy atom. The highest BCUT2D eigenvalue weighted by molar-refractivity contribution is 6.04. The molecule has 0 radical (unpaired) electrons. The van der Waals surface area contributed by atoms with Crippen molar-refractivity contribution in [1.82, 2.24) is 24.5 Å². The van der Waals surface area contributed by atoms with Crippen LogP contribution in [0.5, 0.6) is 0 Å². The molecular weight excluding hydrogens is 386 g/mol. The van der Waals surface area contributed by atoms with Gasteiger partial charge in [-0.1, -0.05) is 6.07 Å². The molecule has 2 N–H and O–H groups in total. The predicted molar refractivity (Wildman–Crippen MR) is 110 cm³/mol. The van der Waals surface area contributed by atoms with Crippen molar-refractivity contribution in [2.75, 3.05) is 36.4 Å². The number of nitrogens with zero attached hydrogens (tertiary/aromatic N) is 5. The number of hydrogen-bond acceptors (Lipinski definition) is 7. The van der Waals surface area contributed by atoms with Crippen molar-refractivity contribution in [3.63, 3.8) is 0 Å². The second kappa shape index (κ2) is 7.48. The van der Waals surface area contributed by atoms with Gasteiger partial charge in [-0.25, -0.2) is 9.20 Å². The number of piperazine rings is 1. The third-order valence-electron chi connectivity index (χ3n) is 4.96. The highest BCUT2D eigenvalue weighted by Gasteiger charge is 2.19. The van der Waals surface area contributed by atoms with Gasteiger partial charge in [0, 0.05) is 44.6 Å². The SMILES string of the molecule is O=C(Nc1cnccc1N1CCNCC1)c1ccc(-n2nc3ccccn3c2=O)o1. The number of hydrogen-bond donors (Lipinski definition) is 2. The number of aromatic nitrogens is 4. The Hall–Kier alpha value is -3.92. The summed E-state index contributed by atoms with van der Waals surface area (Å²) in [7, 11) is 0. The topological polar surface area (TPSA) is 110 Å². The summed E-state index contributed by atoms with van der Waals surface area (Å²) in [5, 5.41) is 10.4.